The van der Waals surface area contributed by atoms with Crippen molar-refractivity contribution in [3.05, 3.63) is 98.6 Å². The maximum atomic E-state index is 12.5. The van der Waals surface area contributed by atoms with E-state index in [1.807, 2.05) is 43.3 Å². The maximum absolute atomic E-state index is 12.5. The molecule has 0 unspecified atom stereocenters. The van der Waals surface area contributed by atoms with Crippen LogP contribution in [0.3, 0.4) is 0 Å². The van der Waals surface area contributed by atoms with E-state index in [0.29, 0.717) is 22.9 Å². The highest BCUT2D eigenvalue weighted by Crippen LogP contribution is 2.27. The summed E-state index contributed by atoms with van der Waals surface area (Å²) in [6.07, 6.45) is 0. The van der Waals surface area contributed by atoms with Gasteiger partial charge in [0.2, 0.25) is 0 Å². The number of nitro groups is 1. The van der Waals surface area contributed by atoms with Crippen LogP contribution in [-0.4, -0.2) is 10.8 Å². The van der Waals surface area contributed by atoms with E-state index >= 15 is 0 Å². The minimum absolute atomic E-state index is 0.177. The molecule has 0 aliphatic carbocycles. The number of hydrogen-bond donors (Lipinski definition) is 2. The second kappa shape index (κ2) is 8.54. The first kappa shape index (κ1) is 19.4. The van der Waals surface area contributed by atoms with Crippen LogP contribution in [0, 0.1) is 17.0 Å². The number of amides is 1. The molecule has 28 heavy (non-hydrogen) atoms. The summed E-state index contributed by atoms with van der Waals surface area (Å²) >= 11 is 6.12. The second-order valence-electron chi connectivity index (χ2n) is 6.26. The fraction of sp³-hybridized carbons (Fsp3) is 0.0952. The molecule has 0 heterocycles. The van der Waals surface area contributed by atoms with Gasteiger partial charge in [0.1, 0.15) is 5.69 Å². The molecular weight excluding hydrogens is 378 g/mol. The Bertz CT molecular complexity index is 1040. The molecule has 2 N–H and O–H groups in total. The highest BCUT2D eigenvalue weighted by atomic mass is 35.5. The average Bonchev–Trinajstić information content (AvgIpc) is 2.67. The highest BCUT2D eigenvalue weighted by molar-refractivity contribution is 6.31. The second-order valence-corrected chi connectivity index (χ2v) is 6.66. The normalized spacial score (nSPS) is 10.4. The molecular formula is C21H18ClN3O3. The average molecular weight is 396 g/mol. The lowest BCUT2D eigenvalue weighted by molar-refractivity contribution is -0.384. The first-order valence-corrected chi connectivity index (χ1v) is 8.95. The highest BCUT2D eigenvalue weighted by Gasteiger charge is 2.18. The quantitative estimate of drug-likeness (QED) is 0.431. The van der Waals surface area contributed by atoms with Crippen LogP contribution in [0.25, 0.3) is 0 Å². The van der Waals surface area contributed by atoms with Crippen molar-refractivity contribution < 1.29 is 9.72 Å². The summed E-state index contributed by atoms with van der Waals surface area (Å²) in [7, 11) is 0. The summed E-state index contributed by atoms with van der Waals surface area (Å²) < 4.78 is 0. The molecule has 1 amide bonds. The van der Waals surface area contributed by atoms with Gasteiger partial charge in [-0.25, -0.2) is 0 Å². The molecule has 0 spiro atoms. The molecule has 0 saturated heterocycles. The molecule has 6 nitrogen and oxygen atoms in total. The van der Waals surface area contributed by atoms with Gasteiger partial charge >= 0.3 is 0 Å². The van der Waals surface area contributed by atoms with Crippen molar-refractivity contribution in [2.75, 3.05) is 10.6 Å². The molecule has 3 aromatic carbocycles. The van der Waals surface area contributed by atoms with Crippen LogP contribution >= 0.6 is 11.6 Å². The van der Waals surface area contributed by atoms with Crippen molar-refractivity contribution in [2.24, 2.45) is 0 Å². The van der Waals surface area contributed by atoms with Crippen molar-refractivity contribution in [2.45, 2.75) is 13.5 Å². The zero-order valence-corrected chi connectivity index (χ0v) is 15.9. The lowest BCUT2D eigenvalue weighted by Gasteiger charge is -2.10. The molecule has 142 valence electrons. The standard InChI is InChI=1S/C21H18ClN3O3/c1-14-5-4-7-17(11-14)24-21(26)15-9-10-19(20(12-15)25(27)28)23-13-16-6-2-3-8-18(16)22/h2-12,23H,13H2,1H3,(H,24,26). The third kappa shape index (κ3) is 4.66. The summed E-state index contributed by atoms with van der Waals surface area (Å²) in [5.41, 5.74) is 2.80. The Morgan fingerprint density at radius 1 is 1.07 bits per heavy atom. The molecule has 0 bridgehead atoms. The number of rotatable bonds is 6. The van der Waals surface area contributed by atoms with Gasteiger partial charge in [0.15, 0.2) is 0 Å². The molecule has 0 aliphatic heterocycles. The fourth-order valence-electron chi connectivity index (χ4n) is 2.73. The van der Waals surface area contributed by atoms with Crippen molar-refractivity contribution in [3.8, 4) is 0 Å². The minimum Gasteiger partial charge on any atom is -0.375 e. The molecule has 0 radical (unpaired) electrons. The third-order valence-electron chi connectivity index (χ3n) is 4.16. The van der Waals surface area contributed by atoms with Crippen LogP contribution in [-0.2, 0) is 6.54 Å². The molecule has 0 atom stereocenters. The number of benzene rings is 3. The van der Waals surface area contributed by atoms with Gasteiger partial charge < -0.3 is 10.6 Å². The third-order valence-corrected chi connectivity index (χ3v) is 4.53. The van der Waals surface area contributed by atoms with Gasteiger partial charge in [-0.05, 0) is 48.4 Å². The van der Waals surface area contributed by atoms with Crippen LogP contribution in [0.4, 0.5) is 17.1 Å². The number of carbonyl (C=O) groups excluding carboxylic acids is 1. The molecule has 3 aromatic rings. The van der Waals surface area contributed by atoms with Crippen molar-refractivity contribution in [1.29, 1.82) is 0 Å². The first-order valence-electron chi connectivity index (χ1n) is 8.58. The van der Waals surface area contributed by atoms with Crippen molar-refractivity contribution >= 4 is 34.6 Å². The topological polar surface area (TPSA) is 84.3 Å². The number of anilines is 2. The van der Waals surface area contributed by atoms with Crippen molar-refractivity contribution in [3.63, 3.8) is 0 Å². The van der Waals surface area contributed by atoms with E-state index in [2.05, 4.69) is 10.6 Å². The van der Waals surface area contributed by atoms with Gasteiger partial charge in [-0.2, -0.15) is 0 Å². The molecule has 0 fully saturated rings. The number of nitrogens with zero attached hydrogens (tertiary/aromatic N) is 1. The number of nitro benzene ring substituents is 1. The van der Waals surface area contributed by atoms with Crippen LogP contribution in [0.1, 0.15) is 21.5 Å². The van der Waals surface area contributed by atoms with Crippen LogP contribution in [0.2, 0.25) is 5.02 Å². The predicted octanol–water partition coefficient (Wildman–Crippen LogP) is 5.42. The molecule has 3 rings (SSSR count). The largest absolute Gasteiger partial charge is 0.375 e. The Balaban J connectivity index is 1.79. The number of halogens is 1. The number of carbonyl (C=O) groups is 1. The summed E-state index contributed by atoms with van der Waals surface area (Å²) in [5, 5.41) is 17.8. The summed E-state index contributed by atoms with van der Waals surface area (Å²) in [6, 6.07) is 18.9. The van der Waals surface area contributed by atoms with Crippen LogP contribution in [0.5, 0.6) is 0 Å². The zero-order valence-electron chi connectivity index (χ0n) is 15.1. The van der Waals surface area contributed by atoms with Gasteiger partial charge in [-0.3, -0.25) is 14.9 Å². The Morgan fingerprint density at radius 2 is 1.86 bits per heavy atom. The van der Waals surface area contributed by atoms with E-state index in [4.69, 9.17) is 11.6 Å². The lowest BCUT2D eigenvalue weighted by atomic mass is 10.1. The molecule has 0 aromatic heterocycles. The fourth-order valence-corrected chi connectivity index (χ4v) is 2.93. The van der Waals surface area contributed by atoms with Gasteiger partial charge in [0, 0.05) is 28.9 Å². The molecule has 0 aliphatic rings. The van der Waals surface area contributed by atoms with E-state index in [0.717, 1.165) is 11.1 Å². The summed E-state index contributed by atoms with van der Waals surface area (Å²) in [4.78, 5) is 23.4. The van der Waals surface area contributed by atoms with E-state index in [9.17, 15) is 14.9 Å². The first-order chi connectivity index (χ1) is 13.4. The van der Waals surface area contributed by atoms with Crippen LogP contribution < -0.4 is 10.6 Å². The smallest absolute Gasteiger partial charge is 0.293 e. The monoisotopic (exact) mass is 395 g/mol. The lowest BCUT2D eigenvalue weighted by Crippen LogP contribution is -2.13. The van der Waals surface area contributed by atoms with Crippen LogP contribution in [0.15, 0.2) is 66.7 Å². The maximum Gasteiger partial charge on any atom is 0.293 e. The van der Waals surface area contributed by atoms with Gasteiger partial charge in [0.05, 0.1) is 4.92 Å². The van der Waals surface area contributed by atoms with Gasteiger partial charge in [-0.15, -0.1) is 0 Å². The van der Waals surface area contributed by atoms with E-state index in [1.54, 1.807) is 18.2 Å². The summed E-state index contributed by atoms with van der Waals surface area (Å²) in [6.45, 7) is 2.25. The Morgan fingerprint density at radius 3 is 2.57 bits per heavy atom. The summed E-state index contributed by atoms with van der Waals surface area (Å²) in [5.74, 6) is -0.411. The van der Waals surface area contributed by atoms with E-state index < -0.39 is 10.8 Å². The number of nitrogens with one attached hydrogen (secondary N) is 2. The Kier molecular flexibility index (Phi) is 5.91. The molecule has 0 saturated carbocycles. The van der Waals surface area contributed by atoms with E-state index in [1.165, 1.54) is 12.1 Å². The van der Waals surface area contributed by atoms with Gasteiger partial charge in [0.25, 0.3) is 11.6 Å². The van der Waals surface area contributed by atoms with Gasteiger partial charge in [-0.1, -0.05) is 41.9 Å². The SMILES string of the molecule is Cc1cccc(NC(=O)c2ccc(NCc3ccccc3Cl)c([N+](=O)[O-])c2)c1. The predicted molar refractivity (Wildman–Crippen MR) is 111 cm³/mol. The number of hydrogen-bond acceptors (Lipinski definition) is 4. The van der Waals surface area contributed by atoms with Crippen molar-refractivity contribution in [1.82, 2.24) is 0 Å². The zero-order chi connectivity index (χ0) is 20.1. The minimum atomic E-state index is -0.515. The Labute approximate surface area is 167 Å². The number of aryl methyl sites for hydroxylation is 1. The van der Waals surface area contributed by atoms with E-state index in [-0.39, 0.29) is 11.3 Å². The molecule has 7 heteroatoms. The Hall–Kier alpha value is -3.38.